The van der Waals surface area contributed by atoms with Gasteiger partial charge >= 0.3 is 5.97 Å². The third kappa shape index (κ3) is 1.86. The molecule has 0 atom stereocenters. The Morgan fingerprint density at radius 1 is 1.44 bits per heavy atom. The molecule has 4 nitrogen and oxygen atoms in total. The van der Waals surface area contributed by atoms with Gasteiger partial charge < -0.3 is 9.84 Å². The molecule has 0 aliphatic carbocycles. The zero-order valence-electron chi connectivity index (χ0n) is 8.40. The van der Waals surface area contributed by atoms with Crippen molar-refractivity contribution in [2.45, 2.75) is 0 Å². The minimum atomic E-state index is -1.07. The molecule has 0 saturated heterocycles. The number of carboxylic acid groups (broad SMARTS) is 1. The van der Waals surface area contributed by atoms with Gasteiger partial charge in [0.15, 0.2) is 5.69 Å². The largest absolute Gasteiger partial charge is 0.481 e. The number of hydrogen-bond acceptors (Lipinski definition) is 3. The van der Waals surface area contributed by atoms with Crippen LogP contribution in [0.2, 0.25) is 0 Å². The van der Waals surface area contributed by atoms with E-state index in [2.05, 4.69) is 20.9 Å². The van der Waals surface area contributed by atoms with Crippen LogP contribution in [0.1, 0.15) is 10.5 Å². The Bertz CT molecular complexity index is 568. The van der Waals surface area contributed by atoms with Crippen molar-refractivity contribution in [2.75, 3.05) is 7.11 Å². The molecule has 0 unspecified atom stereocenters. The molecule has 1 N–H and O–H groups in total. The fourth-order valence-corrected chi connectivity index (χ4v) is 1.82. The molecule has 16 heavy (non-hydrogen) atoms. The minimum absolute atomic E-state index is 0.0216. The summed E-state index contributed by atoms with van der Waals surface area (Å²) in [6.07, 6.45) is 0. The topological polar surface area (TPSA) is 59.4 Å². The molecule has 0 bridgehead atoms. The van der Waals surface area contributed by atoms with E-state index < -0.39 is 5.97 Å². The van der Waals surface area contributed by atoms with Crippen molar-refractivity contribution in [3.8, 4) is 5.88 Å². The first-order valence-corrected chi connectivity index (χ1v) is 5.28. The van der Waals surface area contributed by atoms with Gasteiger partial charge in [0.05, 0.1) is 7.11 Å². The van der Waals surface area contributed by atoms with E-state index in [-0.39, 0.29) is 5.69 Å². The number of carboxylic acids is 1. The van der Waals surface area contributed by atoms with E-state index in [1.54, 1.807) is 0 Å². The maximum Gasteiger partial charge on any atom is 0.354 e. The van der Waals surface area contributed by atoms with Crippen molar-refractivity contribution in [2.24, 2.45) is 0 Å². The first kappa shape index (κ1) is 10.9. The van der Waals surface area contributed by atoms with Crippen LogP contribution in [-0.4, -0.2) is 23.2 Å². The van der Waals surface area contributed by atoms with E-state index in [0.29, 0.717) is 5.88 Å². The van der Waals surface area contributed by atoms with Crippen LogP contribution in [0.4, 0.5) is 0 Å². The highest BCUT2D eigenvalue weighted by molar-refractivity contribution is 9.10. The molecule has 0 radical (unpaired) electrons. The number of rotatable bonds is 2. The van der Waals surface area contributed by atoms with Gasteiger partial charge in [0.2, 0.25) is 5.88 Å². The normalized spacial score (nSPS) is 10.4. The Morgan fingerprint density at radius 2 is 2.19 bits per heavy atom. The van der Waals surface area contributed by atoms with E-state index in [9.17, 15) is 4.79 Å². The standard InChI is InChI=1S/C11H8BrNO3/c1-16-10-8-5-7(12)3-2-6(8)4-9(13-10)11(14)15/h2-5H,1H3,(H,14,15). The SMILES string of the molecule is COc1nc(C(=O)O)cc2ccc(Br)cc12. The first-order valence-electron chi connectivity index (χ1n) is 4.49. The molecule has 0 amide bonds. The van der Waals surface area contributed by atoms with Gasteiger partial charge in [0.1, 0.15) is 0 Å². The lowest BCUT2D eigenvalue weighted by Crippen LogP contribution is -2.02. The number of ether oxygens (including phenoxy) is 1. The predicted molar refractivity (Wildman–Crippen MR) is 63.0 cm³/mol. The zero-order valence-corrected chi connectivity index (χ0v) is 9.98. The first-order chi connectivity index (χ1) is 7.61. The number of pyridine rings is 1. The monoisotopic (exact) mass is 281 g/mol. The number of methoxy groups -OCH3 is 1. The molecule has 0 fully saturated rings. The lowest BCUT2D eigenvalue weighted by Gasteiger charge is -2.06. The molecule has 5 heteroatoms. The number of halogens is 1. The lowest BCUT2D eigenvalue weighted by molar-refractivity contribution is 0.0690. The Kier molecular flexibility index (Phi) is 2.78. The molecule has 0 spiro atoms. The Morgan fingerprint density at radius 3 is 2.81 bits per heavy atom. The highest BCUT2D eigenvalue weighted by atomic mass is 79.9. The summed E-state index contributed by atoms with van der Waals surface area (Å²) < 4.78 is 5.97. The molecule has 82 valence electrons. The van der Waals surface area contributed by atoms with Gasteiger partial charge in [-0.3, -0.25) is 0 Å². The average molecular weight is 282 g/mol. The Balaban J connectivity index is 2.78. The average Bonchev–Trinajstić information content (AvgIpc) is 2.27. The van der Waals surface area contributed by atoms with Crippen molar-refractivity contribution < 1.29 is 14.6 Å². The summed E-state index contributed by atoms with van der Waals surface area (Å²) in [6, 6.07) is 7.02. The summed E-state index contributed by atoms with van der Waals surface area (Å²) >= 11 is 3.34. The summed E-state index contributed by atoms with van der Waals surface area (Å²) in [5.74, 6) is -0.751. The second kappa shape index (κ2) is 4.09. The maximum atomic E-state index is 10.9. The van der Waals surface area contributed by atoms with Gasteiger partial charge in [-0.05, 0) is 23.6 Å². The minimum Gasteiger partial charge on any atom is -0.481 e. The lowest BCUT2D eigenvalue weighted by atomic mass is 10.1. The maximum absolute atomic E-state index is 10.9. The Labute approximate surface area is 100.0 Å². The third-order valence-corrected chi connectivity index (χ3v) is 2.67. The molecule has 0 aliphatic rings. The highest BCUT2D eigenvalue weighted by Crippen LogP contribution is 2.27. The molecule has 2 aromatic rings. The van der Waals surface area contributed by atoms with Crippen molar-refractivity contribution in [3.63, 3.8) is 0 Å². The summed E-state index contributed by atoms with van der Waals surface area (Å²) in [5, 5.41) is 10.5. The number of nitrogens with zero attached hydrogens (tertiary/aromatic N) is 1. The number of aromatic nitrogens is 1. The molecule has 0 aliphatic heterocycles. The van der Waals surface area contributed by atoms with E-state index in [1.165, 1.54) is 13.2 Å². The van der Waals surface area contributed by atoms with Crippen LogP contribution in [-0.2, 0) is 0 Å². The number of aromatic carboxylic acids is 1. The predicted octanol–water partition coefficient (Wildman–Crippen LogP) is 2.70. The van der Waals surface area contributed by atoms with Crippen LogP contribution in [0.15, 0.2) is 28.7 Å². The zero-order chi connectivity index (χ0) is 11.7. The molecule has 2 rings (SSSR count). The van der Waals surface area contributed by atoms with Crippen LogP contribution in [0.5, 0.6) is 5.88 Å². The van der Waals surface area contributed by atoms with Crippen molar-refractivity contribution in [3.05, 3.63) is 34.4 Å². The van der Waals surface area contributed by atoms with Crippen LogP contribution in [0.25, 0.3) is 10.8 Å². The van der Waals surface area contributed by atoms with Gasteiger partial charge in [-0.2, -0.15) is 0 Å². The number of hydrogen-bond donors (Lipinski definition) is 1. The van der Waals surface area contributed by atoms with Crippen LogP contribution in [0, 0.1) is 0 Å². The van der Waals surface area contributed by atoms with E-state index in [1.807, 2.05) is 18.2 Å². The molecule has 1 heterocycles. The third-order valence-electron chi connectivity index (χ3n) is 2.17. The summed E-state index contributed by atoms with van der Waals surface area (Å²) in [7, 11) is 1.47. The summed E-state index contributed by atoms with van der Waals surface area (Å²) in [4.78, 5) is 14.8. The van der Waals surface area contributed by atoms with Crippen LogP contribution >= 0.6 is 15.9 Å². The van der Waals surface area contributed by atoms with E-state index in [0.717, 1.165) is 15.2 Å². The van der Waals surface area contributed by atoms with Crippen LogP contribution in [0.3, 0.4) is 0 Å². The van der Waals surface area contributed by atoms with Crippen molar-refractivity contribution in [1.29, 1.82) is 0 Å². The fourth-order valence-electron chi connectivity index (χ4n) is 1.45. The molecule has 1 aromatic heterocycles. The van der Waals surface area contributed by atoms with Gasteiger partial charge in [-0.1, -0.05) is 22.0 Å². The number of fused-ring (bicyclic) bond motifs is 1. The molecule has 1 aromatic carbocycles. The smallest absolute Gasteiger partial charge is 0.354 e. The van der Waals surface area contributed by atoms with Gasteiger partial charge in [0.25, 0.3) is 0 Å². The second-order valence-corrected chi connectivity index (χ2v) is 4.10. The molecule has 0 saturated carbocycles. The Hall–Kier alpha value is -1.62. The van der Waals surface area contributed by atoms with Gasteiger partial charge in [-0.15, -0.1) is 0 Å². The molecular formula is C11H8BrNO3. The number of benzene rings is 1. The molecular weight excluding hydrogens is 274 g/mol. The quantitative estimate of drug-likeness (QED) is 0.920. The second-order valence-electron chi connectivity index (χ2n) is 3.19. The van der Waals surface area contributed by atoms with Crippen LogP contribution < -0.4 is 4.74 Å². The van der Waals surface area contributed by atoms with E-state index >= 15 is 0 Å². The highest BCUT2D eigenvalue weighted by Gasteiger charge is 2.11. The summed E-state index contributed by atoms with van der Waals surface area (Å²) in [5.41, 5.74) is -0.0216. The van der Waals surface area contributed by atoms with Gasteiger partial charge in [0, 0.05) is 9.86 Å². The van der Waals surface area contributed by atoms with E-state index in [4.69, 9.17) is 9.84 Å². The van der Waals surface area contributed by atoms with Gasteiger partial charge in [-0.25, -0.2) is 9.78 Å². The number of carbonyl (C=O) groups is 1. The van der Waals surface area contributed by atoms with Crippen molar-refractivity contribution >= 4 is 32.7 Å². The fraction of sp³-hybridized carbons (Fsp3) is 0.0909. The summed E-state index contributed by atoms with van der Waals surface area (Å²) in [6.45, 7) is 0. The van der Waals surface area contributed by atoms with Crippen molar-refractivity contribution in [1.82, 2.24) is 4.98 Å².